The largest absolute Gasteiger partial charge is 0.465 e. The van der Waals surface area contributed by atoms with Crippen molar-refractivity contribution in [3.63, 3.8) is 0 Å². The normalized spacial score (nSPS) is 27.1. The lowest BCUT2D eigenvalue weighted by Crippen LogP contribution is -2.36. The fourth-order valence-corrected chi connectivity index (χ4v) is 3.28. The van der Waals surface area contributed by atoms with E-state index in [4.69, 9.17) is 5.11 Å². The standard InChI is InChI=1S/C14H18N2O2/c17-14(18)15-11-7-8-16(9-11)13-6-5-10-3-1-2-4-12(10)13/h1-4,11,13,15H,5-9H2,(H,17,18)/t11-,13-/m0/s1. The maximum atomic E-state index is 10.7. The molecule has 1 aromatic carbocycles. The Morgan fingerprint density at radius 3 is 3.00 bits per heavy atom. The van der Waals surface area contributed by atoms with Crippen LogP contribution in [-0.2, 0) is 6.42 Å². The van der Waals surface area contributed by atoms with Crippen LogP contribution in [0, 0.1) is 0 Å². The highest BCUT2D eigenvalue weighted by Gasteiger charge is 2.33. The van der Waals surface area contributed by atoms with Crippen molar-refractivity contribution in [2.75, 3.05) is 13.1 Å². The monoisotopic (exact) mass is 246 g/mol. The third kappa shape index (κ3) is 2.08. The van der Waals surface area contributed by atoms with Gasteiger partial charge in [-0.25, -0.2) is 4.79 Å². The second-order valence-corrected chi connectivity index (χ2v) is 5.18. The Kier molecular flexibility index (Phi) is 2.96. The van der Waals surface area contributed by atoms with Crippen LogP contribution in [0.1, 0.15) is 30.0 Å². The number of hydrogen-bond donors (Lipinski definition) is 2. The molecule has 18 heavy (non-hydrogen) atoms. The summed E-state index contributed by atoms with van der Waals surface area (Å²) in [5.74, 6) is 0. The Bertz CT molecular complexity index is 461. The molecular weight excluding hydrogens is 228 g/mol. The molecule has 0 saturated carbocycles. The molecule has 1 fully saturated rings. The number of amides is 1. The van der Waals surface area contributed by atoms with Gasteiger partial charge in [-0.2, -0.15) is 0 Å². The van der Waals surface area contributed by atoms with Crippen molar-refractivity contribution in [1.29, 1.82) is 0 Å². The van der Waals surface area contributed by atoms with Crippen LogP contribution in [0.25, 0.3) is 0 Å². The lowest BCUT2D eigenvalue weighted by molar-refractivity contribution is 0.187. The Morgan fingerprint density at radius 2 is 2.17 bits per heavy atom. The molecule has 4 nitrogen and oxygen atoms in total. The zero-order chi connectivity index (χ0) is 12.5. The van der Waals surface area contributed by atoms with Gasteiger partial charge < -0.3 is 10.4 Å². The van der Waals surface area contributed by atoms with Gasteiger partial charge in [0.2, 0.25) is 0 Å². The Labute approximate surface area is 107 Å². The predicted molar refractivity (Wildman–Crippen MR) is 68.6 cm³/mol. The van der Waals surface area contributed by atoms with Crippen molar-refractivity contribution >= 4 is 6.09 Å². The number of hydrogen-bond acceptors (Lipinski definition) is 2. The van der Waals surface area contributed by atoms with Gasteiger partial charge in [-0.15, -0.1) is 0 Å². The second-order valence-electron chi connectivity index (χ2n) is 5.18. The molecule has 96 valence electrons. The number of carboxylic acid groups (broad SMARTS) is 1. The number of rotatable bonds is 2. The van der Waals surface area contributed by atoms with Gasteiger partial charge in [0.25, 0.3) is 0 Å². The third-order valence-electron chi connectivity index (χ3n) is 4.09. The van der Waals surface area contributed by atoms with Crippen LogP contribution in [0.2, 0.25) is 0 Å². The van der Waals surface area contributed by atoms with Gasteiger partial charge >= 0.3 is 6.09 Å². The molecule has 0 spiro atoms. The summed E-state index contributed by atoms with van der Waals surface area (Å²) in [7, 11) is 0. The molecule has 2 N–H and O–H groups in total. The molecule has 0 unspecified atom stereocenters. The zero-order valence-corrected chi connectivity index (χ0v) is 10.3. The lowest BCUT2D eigenvalue weighted by atomic mass is 10.1. The van der Waals surface area contributed by atoms with Crippen molar-refractivity contribution in [3.8, 4) is 0 Å². The molecule has 4 heteroatoms. The third-order valence-corrected chi connectivity index (χ3v) is 4.09. The van der Waals surface area contributed by atoms with E-state index >= 15 is 0 Å². The number of benzene rings is 1. The van der Waals surface area contributed by atoms with Crippen molar-refractivity contribution in [2.45, 2.75) is 31.3 Å². The molecule has 1 heterocycles. The highest BCUT2D eigenvalue weighted by Crippen LogP contribution is 2.37. The van der Waals surface area contributed by atoms with Gasteiger partial charge in [0, 0.05) is 25.2 Å². The SMILES string of the molecule is O=C(O)N[C@H]1CCN([C@H]2CCc3ccccc32)C1. The first kappa shape index (κ1) is 11.5. The number of nitrogens with zero attached hydrogens (tertiary/aromatic N) is 1. The van der Waals surface area contributed by atoms with Gasteiger partial charge in [-0.05, 0) is 30.4 Å². The number of carbonyl (C=O) groups is 1. The average Bonchev–Trinajstić information content (AvgIpc) is 2.94. The fourth-order valence-electron chi connectivity index (χ4n) is 3.28. The molecule has 0 bridgehead atoms. The van der Waals surface area contributed by atoms with Gasteiger partial charge in [-0.1, -0.05) is 24.3 Å². The van der Waals surface area contributed by atoms with E-state index in [0.717, 1.165) is 25.9 Å². The van der Waals surface area contributed by atoms with Crippen LogP contribution in [-0.4, -0.2) is 35.2 Å². The molecule has 0 radical (unpaired) electrons. The molecule has 1 aliphatic heterocycles. The van der Waals surface area contributed by atoms with E-state index < -0.39 is 6.09 Å². The molecule has 2 aliphatic rings. The van der Waals surface area contributed by atoms with E-state index in [1.165, 1.54) is 17.5 Å². The molecule has 1 aliphatic carbocycles. The summed E-state index contributed by atoms with van der Waals surface area (Å²) in [6.07, 6.45) is 2.33. The highest BCUT2D eigenvalue weighted by atomic mass is 16.4. The van der Waals surface area contributed by atoms with Gasteiger partial charge in [-0.3, -0.25) is 4.90 Å². The second kappa shape index (κ2) is 4.61. The van der Waals surface area contributed by atoms with Crippen molar-refractivity contribution < 1.29 is 9.90 Å². The Hall–Kier alpha value is -1.55. The summed E-state index contributed by atoms with van der Waals surface area (Å²) in [6, 6.07) is 9.20. The quantitative estimate of drug-likeness (QED) is 0.839. The van der Waals surface area contributed by atoms with E-state index in [1.807, 2.05) is 0 Å². The minimum Gasteiger partial charge on any atom is -0.465 e. The maximum Gasteiger partial charge on any atom is 0.404 e. The van der Waals surface area contributed by atoms with Crippen LogP contribution in [0.15, 0.2) is 24.3 Å². The number of aryl methyl sites for hydroxylation is 1. The lowest BCUT2D eigenvalue weighted by Gasteiger charge is -2.24. The molecule has 2 atom stereocenters. The van der Waals surface area contributed by atoms with Crippen molar-refractivity contribution in [1.82, 2.24) is 10.2 Å². The van der Waals surface area contributed by atoms with Gasteiger partial charge in [0.1, 0.15) is 0 Å². The number of nitrogens with one attached hydrogen (secondary N) is 1. The minimum absolute atomic E-state index is 0.0928. The van der Waals surface area contributed by atoms with Gasteiger partial charge in [0.05, 0.1) is 0 Å². The fraction of sp³-hybridized carbons (Fsp3) is 0.500. The average molecular weight is 246 g/mol. The van der Waals surface area contributed by atoms with E-state index in [0.29, 0.717) is 6.04 Å². The van der Waals surface area contributed by atoms with E-state index in [-0.39, 0.29) is 6.04 Å². The first-order valence-corrected chi connectivity index (χ1v) is 6.55. The van der Waals surface area contributed by atoms with Crippen LogP contribution in [0.5, 0.6) is 0 Å². The summed E-state index contributed by atoms with van der Waals surface area (Å²) in [4.78, 5) is 13.1. The smallest absolute Gasteiger partial charge is 0.404 e. The summed E-state index contributed by atoms with van der Waals surface area (Å²) in [5, 5.41) is 11.3. The molecular formula is C14H18N2O2. The van der Waals surface area contributed by atoms with Gasteiger partial charge in [0.15, 0.2) is 0 Å². The molecule has 1 saturated heterocycles. The van der Waals surface area contributed by atoms with Crippen LogP contribution < -0.4 is 5.32 Å². The highest BCUT2D eigenvalue weighted by molar-refractivity contribution is 5.64. The predicted octanol–water partition coefficient (Wildman–Crippen LogP) is 2.02. The zero-order valence-electron chi connectivity index (χ0n) is 10.3. The Balaban J connectivity index is 1.69. The molecule has 1 amide bonds. The number of likely N-dealkylation sites (tertiary alicyclic amines) is 1. The van der Waals surface area contributed by atoms with Crippen LogP contribution in [0.4, 0.5) is 4.79 Å². The van der Waals surface area contributed by atoms with Crippen molar-refractivity contribution in [2.24, 2.45) is 0 Å². The molecule has 3 rings (SSSR count). The maximum absolute atomic E-state index is 10.7. The number of fused-ring (bicyclic) bond motifs is 1. The van der Waals surface area contributed by atoms with Crippen LogP contribution in [0.3, 0.4) is 0 Å². The summed E-state index contributed by atoms with van der Waals surface area (Å²) in [5.41, 5.74) is 2.89. The van der Waals surface area contributed by atoms with E-state index in [2.05, 4.69) is 34.5 Å². The van der Waals surface area contributed by atoms with E-state index in [1.54, 1.807) is 0 Å². The minimum atomic E-state index is -0.909. The molecule has 0 aromatic heterocycles. The molecule has 1 aromatic rings. The topological polar surface area (TPSA) is 52.6 Å². The summed E-state index contributed by atoms with van der Waals surface area (Å²) in [6.45, 7) is 1.83. The van der Waals surface area contributed by atoms with E-state index in [9.17, 15) is 4.79 Å². The summed E-state index contributed by atoms with van der Waals surface area (Å²) >= 11 is 0. The van der Waals surface area contributed by atoms with Crippen LogP contribution >= 0.6 is 0 Å². The summed E-state index contributed by atoms with van der Waals surface area (Å²) < 4.78 is 0. The first-order chi connectivity index (χ1) is 8.74. The Morgan fingerprint density at radius 1 is 1.33 bits per heavy atom. The first-order valence-electron chi connectivity index (χ1n) is 6.55. The van der Waals surface area contributed by atoms with Crippen molar-refractivity contribution in [3.05, 3.63) is 35.4 Å².